The molecule has 0 bridgehead atoms. The highest BCUT2D eigenvalue weighted by molar-refractivity contribution is 6.33. The number of aromatic nitrogens is 1. The van der Waals surface area contributed by atoms with Gasteiger partial charge in [-0.3, -0.25) is 4.98 Å². The minimum absolute atomic E-state index is 0.297. The second kappa shape index (κ2) is 8.76. The summed E-state index contributed by atoms with van der Waals surface area (Å²) in [4.78, 5) is 15.5. The third-order valence-electron chi connectivity index (χ3n) is 5.56. The van der Waals surface area contributed by atoms with Crippen molar-refractivity contribution in [1.82, 2.24) is 4.98 Å². The fourth-order valence-electron chi connectivity index (χ4n) is 3.95. The van der Waals surface area contributed by atoms with Crippen LogP contribution in [0, 0.1) is 0 Å². The van der Waals surface area contributed by atoms with Gasteiger partial charge in [0.2, 0.25) is 0 Å². The van der Waals surface area contributed by atoms with Gasteiger partial charge in [0.1, 0.15) is 11.5 Å². The van der Waals surface area contributed by atoms with Crippen LogP contribution in [-0.2, 0) is 6.42 Å². The quantitative estimate of drug-likeness (QED) is 0.558. The standard InChI is InChI=1S/C24H22ClNO4/c1-29-18-5-7-22(25)21(13-18)16-4-6-19-15(9-11-30-23(19)12-16)2-3-17-14-26-10-8-20(17)24(27)28/h4-8,10,12-15H,2-3,9,11H2,1H3,(H,27,28)/t15-/m1/s1. The van der Waals surface area contributed by atoms with Crippen molar-refractivity contribution in [2.45, 2.75) is 25.2 Å². The lowest BCUT2D eigenvalue weighted by Crippen LogP contribution is -2.15. The van der Waals surface area contributed by atoms with Gasteiger partial charge in [0.25, 0.3) is 0 Å². The number of nitrogens with zero attached hydrogens (tertiary/aromatic N) is 1. The minimum atomic E-state index is -0.917. The molecule has 0 saturated carbocycles. The highest BCUT2D eigenvalue weighted by atomic mass is 35.5. The Balaban J connectivity index is 1.58. The van der Waals surface area contributed by atoms with Gasteiger partial charge in [-0.25, -0.2) is 4.79 Å². The van der Waals surface area contributed by atoms with Gasteiger partial charge < -0.3 is 14.6 Å². The molecule has 154 valence electrons. The molecule has 6 heteroatoms. The highest BCUT2D eigenvalue weighted by Crippen LogP contribution is 2.40. The zero-order valence-corrected chi connectivity index (χ0v) is 17.4. The zero-order valence-electron chi connectivity index (χ0n) is 16.6. The Morgan fingerprint density at radius 3 is 2.93 bits per heavy atom. The average molecular weight is 424 g/mol. The second-order valence-corrected chi connectivity index (χ2v) is 7.72. The summed E-state index contributed by atoms with van der Waals surface area (Å²) in [6.07, 6.45) is 5.55. The summed E-state index contributed by atoms with van der Waals surface area (Å²) in [5.41, 5.74) is 4.09. The molecular weight excluding hydrogens is 402 g/mol. The molecule has 0 radical (unpaired) electrons. The van der Waals surface area contributed by atoms with Crippen LogP contribution in [0.4, 0.5) is 0 Å². The van der Waals surface area contributed by atoms with Crippen LogP contribution in [0.5, 0.6) is 11.5 Å². The smallest absolute Gasteiger partial charge is 0.336 e. The van der Waals surface area contributed by atoms with Crippen molar-refractivity contribution in [3.05, 3.63) is 76.6 Å². The molecule has 2 aromatic carbocycles. The summed E-state index contributed by atoms with van der Waals surface area (Å²) in [6.45, 7) is 0.631. The maximum Gasteiger partial charge on any atom is 0.336 e. The Hall–Kier alpha value is -3.05. The molecule has 0 saturated heterocycles. The monoisotopic (exact) mass is 423 g/mol. The van der Waals surface area contributed by atoms with Gasteiger partial charge in [-0.1, -0.05) is 23.7 Å². The number of rotatable bonds is 6. The molecule has 1 N–H and O–H groups in total. The Morgan fingerprint density at radius 1 is 1.27 bits per heavy atom. The van der Waals surface area contributed by atoms with E-state index < -0.39 is 5.97 Å². The number of aryl methyl sites for hydroxylation is 1. The lowest BCUT2D eigenvalue weighted by atomic mass is 9.86. The van der Waals surface area contributed by atoms with Crippen LogP contribution in [0.1, 0.15) is 40.2 Å². The van der Waals surface area contributed by atoms with Crippen LogP contribution in [0.25, 0.3) is 11.1 Å². The first-order valence-electron chi connectivity index (χ1n) is 9.83. The number of pyridine rings is 1. The molecule has 0 aliphatic carbocycles. The van der Waals surface area contributed by atoms with Gasteiger partial charge in [-0.15, -0.1) is 0 Å². The van der Waals surface area contributed by atoms with Crippen LogP contribution in [-0.4, -0.2) is 29.8 Å². The number of ether oxygens (including phenoxy) is 2. The minimum Gasteiger partial charge on any atom is -0.497 e. The Labute approximate surface area is 180 Å². The average Bonchev–Trinajstić information content (AvgIpc) is 2.77. The van der Waals surface area contributed by atoms with Crippen molar-refractivity contribution in [1.29, 1.82) is 0 Å². The van der Waals surface area contributed by atoms with Crippen LogP contribution < -0.4 is 9.47 Å². The lowest BCUT2D eigenvalue weighted by molar-refractivity contribution is 0.0695. The number of carboxylic acids is 1. The van der Waals surface area contributed by atoms with E-state index in [9.17, 15) is 9.90 Å². The van der Waals surface area contributed by atoms with Gasteiger partial charge in [0.15, 0.2) is 0 Å². The summed E-state index contributed by atoms with van der Waals surface area (Å²) in [7, 11) is 1.63. The Kier molecular flexibility index (Phi) is 5.91. The lowest BCUT2D eigenvalue weighted by Gasteiger charge is -2.27. The fourth-order valence-corrected chi connectivity index (χ4v) is 4.17. The molecule has 1 aliphatic heterocycles. The van der Waals surface area contributed by atoms with Crippen LogP contribution in [0.2, 0.25) is 5.02 Å². The molecular formula is C24H22ClNO4. The summed E-state index contributed by atoms with van der Waals surface area (Å²) in [5, 5.41) is 10.0. The number of hydrogen-bond donors (Lipinski definition) is 1. The molecule has 0 amide bonds. The van der Waals surface area contributed by atoms with Gasteiger partial charge >= 0.3 is 5.97 Å². The molecule has 0 unspecified atom stereocenters. The van der Waals surface area contributed by atoms with Crippen molar-refractivity contribution in [2.24, 2.45) is 0 Å². The first-order chi connectivity index (χ1) is 14.6. The second-order valence-electron chi connectivity index (χ2n) is 7.31. The summed E-state index contributed by atoms with van der Waals surface area (Å²) < 4.78 is 11.3. The topological polar surface area (TPSA) is 68.7 Å². The maximum atomic E-state index is 11.4. The molecule has 1 atom stereocenters. The largest absolute Gasteiger partial charge is 0.497 e. The van der Waals surface area contributed by atoms with E-state index >= 15 is 0 Å². The number of methoxy groups -OCH3 is 1. The van der Waals surface area contributed by atoms with Gasteiger partial charge in [-0.2, -0.15) is 0 Å². The van der Waals surface area contributed by atoms with Gasteiger partial charge in [0, 0.05) is 23.0 Å². The van der Waals surface area contributed by atoms with Crippen molar-refractivity contribution >= 4 is 17.6 Å². The van der Waals surface area contributed by atoms with E-state index in [0.29, 0.717) is 29.5 Å². The molecule has 0 spiro atoms. The molecule has 4 rings (SSSR count). The Bertz CT molecular complexity index is 1080. The predicted octanol–water partition coefficient (Wildman–Crippen LogP) is 5.61. The predicted molar refractivity (Wildman–Crippen MR) is 116 cm³/mol. The van der Waals surface area contributed by atoms with E-state index in [0.717, 1.165) is 46.6 Å². The van der Waals surface area contributed by atoms with E-state index in [4.69, 9.17) is 21.1 Å². The van der Waals surface area contributed by atoms with Gasteiger partial charge in [0.05, 0.1) is 19.3 Å². The number of carboxylic acid groups (broad SMARTS) is 1. The maximum absolute atomic E-state index is 11.4. The van der Waals surface area contributed by atoms with Crippen LogP contribution >= 0.6 is 11.6 Å². The molecule has 5 nitrogen and oxygen atoms in total. The SMILES string of the molecule is COc1ccc(Cl)c(-c2ccc3c(c2)OCC[C@H]3CCc2cnccc2C(=O)O)c1. The van der Waals surface area contributed by atoms with E-state index in [1.807, 2.05) is 30.3 Å². The van der Waals surface area contributed by atoms with Crippen molar-refractivity contribution < 1.29 is 19.4 Å². The molecule has 0 fully saturated rings. The summed E-state index contributed by atoms with van der Waals surface area (Å²) >= 11 is 6.41. The molecule has 1 aliphatic rings. The van der Waals surface area contributed by atoms with Gasteiger partial charge in [-0.05, 0) is 72.2 Å². The fraction of sp³-hybridized carbons (Fsp3) is 0.250. The molecule has 1 aromatic heterocycles. The number of hydrogen-bond acceptors (Lipinski definition) is 4. The molecule has 30 heavy (non-hydrogen) atoms. The number of carbonyl (C=O) groups is 1. The van der Waals surface area contributed by atoms with E-state index in [1.54, 1.807) is 19.4 Å². The first kappa shape index (κ1) is 20.2. The number of fused-ring (bicyclic) bond motifs is 1. The normalized spacial score (nSPS) is 15.2. The zero-order chi connectivity index (χ0) is 21.1. The Morgan fingerprint density at radius 2 is 2.13 bits per heavy atom. The third kappa shape index (κ3) is 4.12. The first-order valence-corrected chi connectivity index (χ1v) is 10.2. The van der Waals surface area contributed by atoms with Crippen LogP contribution in [0.15, 0.2) is 54.9 Å². The molecule has 3 aromatic rings. The highest BCUT2D eigenvalue weighted by Gasteiger charge is 2.23. The summed E-state index contributed by atoms with van der Waals surface area (Å²) in [6, 6.07) is 13.3. The van der Waals surface area contributed by atoms with Crippen molar-refractivity contribution in [3.8, 4) is 22.6 Å². The molecule has 2 heterocycles. The van der Waals surface area contributed by atoms with E-state index in [2.05, 4.69) is 11.1 Å². The van der Waals surface area contributed by atoms with Crippen LogP contribution in [0.3, 0.4) is 0 Å². The van der Waals surface area contributed by atoms with Crippen molar-refractivity contribution in [3.63, 3.8) is 0 Å². The van der Waals surface area contributed by atoms with Crippen molar-refractivity contribution in [2.75, 3.05) is 13.7 Å². The van der Waals surface area contributed by atoms with E-state index in [-0.39, 0.29) is 0 Å². The van der Waals surface area contributed by atoms with E-state index in [1.165, 1.54) is 6.20 Å². The third-order valence-corrected chi connectivity index (χ3v) is 5.89. The number of aromatic carboxylic acids is 1. The summed E-state index contributed by atoms with van der Waals surface area (Å²) in [5.74, 6) is 0.980. The number of halogens is 1. The number of benzene rings is 2.